The van der Waals surface area contributed by atoms with Crippen LogP contribution in [0.1, 0.15) is 32.0 Å². The van der Waals surface area contributed by atoms with Gasteiger partial charge in [-0.3, -0.25) is 0 Å². The van der Waals surface area contributed by atoms with E-state index in [9.17, 15) is 0 Å². The third kappa shape index (κ3) is 3.57. The second-order valence-corrected chi connectivity index (χ2v) is 5.19. The van der Waals surface area contributed by atoms with Gasteiger partial charge in [-0.05, 0) is 24.7 Å². The molecule has 0 saturated heterocycles. The van der Waals surface area contributed by atoms with E-state index in [1.807, 2.05) is 0 Å². The summed E-state index contributed by atoms with van der Waals surface area (Å²) in [5.41, 5.74) is 5.75. The van der Waals surface area contributed by atoms with Crippen LogP contribution in [0, 0.1) is 11.8 Å². The Labute approximate surface area is 108 Å². The zero-order chi connectivity index (χ0) is 13.0. The Kier molecular flexibility index (Phi) is 4.36. The minimum atomic E-state index is 0.389. The number of nitrogens with zero attached hydrogens (tertiary/aromatic N) is 2. The van der Waals surface area contributed by atoms with Crippen molar-refractivity contribution in [1.29, 1.82) is 0 Å². The molecule has 1 aliphatic carbocycles. The van der Waals surface area contributed by atoms with Gasteiger partial charge in [-0.25, -0.2) is 9.97 Å². The second-order valence-electron chi connectivity index (χ2n) is 5.19. The molecule has 0 spiro atoms. The van der Waals surface area contributed by atoms with Gasteiger partial charge in [-0.1, -0.05) is 13.3 Å². The van der Waals surface area contributed by atoms with E-state index in [0.717, 1.165) is 24.2 Å². The molecule has 0 bridgehead atoms. The summed E-state index contributed by atoms with van der Waals surface area (Å²) in [6.45, 7) is 3.67. The first kappa shape index (κ1) is 13.1. The summed E-state index contributed by atoms with van der Waals surface area (Å²) in [5.74, 6) is 3.52. The van der Waals surface area contributed by atoms with Gasteiger partial charge >= 0.3 is 0 Å². The Hall–Kier alpha value is -1.36. The Morgan fingerprint density at radius 1 is 1.44 bits per heavy atom. The third-order valence-corrected chi connectivity index (χ3v) is 3.44. The van der Waals surface area contributed by atoms with E-state index in [1.165, 1.54) is 19.3 Å². The molecule has 1 aromatic heterocycles. The number of ether oxygens (including phenoxy) is 1. The van der Waals surface area contributed by atoms with Gasteiger partial charge < -0.3 is 15.8 Å². The van der Waals surface area contributed by atoms with Crippen molar-refractivity contribution < 1.29 is 4.74 Å². The summed E-state index contributed by atoms with van der Waals surface area (Å²) >= 11 is 0. The molecule has 2 atom stereocenters. The number of nitrogens with two attached hydrogens (primary N) is 1. The van der Waals surface area contributed by atoms with Crippen LogP contribution in [0.25, 0.3) is 0 Å². The molecule has 1 saturated carbocycles. The predicted molar refractivity (Wildman–Crippen MR) is 72.2 cm³/mol. The molecule has 5 heteroatoms. The second kappa shape index (κ2) is 6.00. The molecular formula is C13H22N4O. The normalized spacial score (nSPS) is 23.2. The van der Waals surface area contributed by atoms with Crippen LogP contribution in [0.2, 0.25) is 0 Å². The number of methoxy groups -OCH3 is 1. The lowest BCUT2D eigenvalue weighted by molar-refractivity contribution is 0.178. The van der Waals surface area contributed by atoms with E-state index in [2.05, 4.69) is 22.2 Å². The summed E-state index contributed by atoms with van der Waals surface area (Å²) < 4.78 is 5.02. The highest BCUT2D eigenvalue weighted by Crippen LogP contribution is 2.30. The largest absolute Gasteiger partial charge is 0.384 e. The van der Waals surface area contributed by atoms with Crippen molar-refractivity contribution in [2.45, 2.75) is 32.8 Å². The number of rotatable bonds is 5. The third-order valence-electron chi connectivity index (χ3n) is 3.44. The number of hydrogen-bond acceptors (Lipinski definition) is 5. The SMILES string of the molecule is COCc1nc(N)cc(NCC2CCC(C)C2)n1. The molecule has 1 aliphatic rings. The van der Waals surface area contributed by atoms with Gasteiger partial charge in [-0.2, -0.15) is 0 Å². The highest BCUT2D eigenvalue weighted by molar-refractivity contribution is 5.44. The molecule has 1 aromatic rings. The van der Waals surface area contributed by atoms with Crippen LogP contribution in [0.5, 0.6) is 0 Å². The van der Waals surface area contributed by atoms with Crippen LogP contribution in [-0.2, 0) is 11.3 Å². The first-order chi connectivity index (χ1) is 8.67. The molecule has 0 aliphatic heterocycles. The number of nitrogens with one attached hydrogen (secondary N) is 1. The Bertz CT molecular complexity index is 397. The monoisotopic (exact) mass is 250 g/mol. The van der Waals surface area contributed by atoms with E-state index in [1.54, 1.807) is 13.2 Å². The summed E-state index contributed by atoms with van der Waals surface area (Å²) in [6, 6.07) is 1.78. The van der Waals surface area contributed by atoms with Crippen LogP contribution in [-0.4, -0.2) is 23.6 Å². The summed E-state index contributed by atoms with van der Waals surface area (Å²) in [6.07, 6.45) is 3.95. The van der Waals surface area contributed by atoms with Gasteiger partial charge in [0.15, 0.2) is 5.82 Å². The topological polar surface area (TPSA) is 73.1 Å². The van der Waals surface area contributed by atoms with Crippen molar-refractivity contribution in [1.82, 2.24) is 9.97 Å². The maximum absolute atomic E-state index is 5.75. The minimum absolute atomic E-state index is 0.389. The van der Waals surface area contributed by atoms with Gasteiger partial charge in [0.05, 0.1) is 0 Å². The van der Waals surface area contributed by atoms with E-state index in [4.69, 9.17) is 10.5 Å². The fourth-order valence-corrected chi connectivity index (χ4v) is 2.56. The highest BCUT2D eigenvalue weighted by atomic mass is 16.5. The average Bonchev–Trinajstić information content (AvgIpc) is 2.72. The van der Waals surface area contributed by atoms with Crippen molar-refractivity contribution in [2.24, 2.45) is 11.8 Å². The van der Waals surface area contributed by atoms with Crippen LogP contribution >= 0.6 is 0 Å². The van der Waals surface area contributed by atoms with Crippen molar-refractivity contribution in [3.8, 4) is 0 Å². The zero-order valence-corrected chi connectivity index (χ0v) is 11.1. The standard InChI is InChI=1S/C13H22N4O/c1-9-3-4-10(5-9)7-15-12-6-11(14)16-13(17-12)8-18-2/h6,9-10H,3-5,7-8H2,1-2H3,(H3,14,15,16,17). The highest BCUT2D eigenvalue weighted by Gasteiger charge is 2.20. The molecular weight excluding hydrogens is 228 g/mol. The molecule has 2 rings (SSSR count). The lowest BCUT2D eigenvalue weighted by Gasteiger charge is -2.12. The van der Waals surface area contributed by atoms with Crippen molar-refractivity contribution in [2.75, 3.05) is 24.7 Å². The molecule has 2 unspecified atom stereocenters. The molecule has 3 N–H and O–H groups in total. The molecule has 1 heterocycles. The van der Waals surface area contributed by atoms with Gasteiger partial charge in [-0.15, -0.1) is 0 Å². The van der Waals surface area contributed by atoms with Crippen LogP contribution in [0.4, 0.5) is 11.6 Å². The van der Waals surface area contributed by atoms with Crippen LogP contribution in [0.3, 0.4) is 0 Å². The van der Waals surface area contributed by atoms with Crippen molar-refractivity contribution in [3.63, 3.8) is 0 Å². The lowest BCUT2D eigenvalue weighted by Crippen LogP contribution is -2.14. The Morgan fingerprint density at radius 2 is 2.28 bits per heavy atom. The van der Waals surface area contributed by atoms with E-state index < -0.39 is 0 Å². The van der Waals surface area contributed by atoms with Crippen molar-refractivity contribution >= 4 is 11.6 Å². The average molecular weight is 250 g/mol. The molecule has 0 aromatic carbocycles. The number of anilines is 2. The predicted octanol–water partition coefficient (Wildman–Crippen LogP) is 2.05. The van der Waals surface area contributed by atoms with Gasteiger partial charge in [0.1, 0.15) is 18.2 Å². The van der Waals surface area contributed by atoms with Crippen molar-refractivity contribution in [3.05, 3.63) is 11.9 Å². The van der Waals surface area contributed by atoms with Gasteiger partial charge in [0.25, 0.3) is 0 Å². The Balaban J connectivity index is 1.92. The summed E-state index contributed by atoms with van der Waals surface area (Å²) in [4.78, 5) is 8.49. The molecule has 0 radical (unpaired) electrons. The quantitative estimate of drug-likeness (QED) is 0.836. The maximum Gasteiger partial charge on any atom is 0.158 e. The number of aromatic nitrogens is 2. The molecule has 1 fully saturated rings. The van der Waals surface area contributed by atoms with E-state index in [-0.39, 0.29) is 0 Å². The Morgan fingerprint density at radius 3 is 2.94 bits per heavy atom. The van der Waals surface area contributed by atoms with Crippen LogP contribution in [0.15, 0.2) is 6.07 Å². The molecule has 18 heavy (non-hydrogen) atoms. The number of nitrogen functional groups attached to an aromatic ring is 1. The lowest BCUT2D eigenvalue weighted by atomic mass is 10.1. The molecule has 100 valence electrons. The van der Waals surface area contributed by atoms with Gasteiger partial charge in [0, 0.05) is 19.7 Å². The first-order valence-electron chi connectivity index (χ1n) is 6.53. The fraction of sp³-hybridized carbons (Fsp3) is 0.692. The molecule has 0 amide bonds. The fourth-order valence-electron chi connectivity index (χ4n) is 2.56. The first-order valence-corrected chi connectivity index (χ1v) is 6.53. The zero-order valence-electron chi connectivity index (χ0n) is 11.1. The smallest absolute Gasteiger partial charge is 0.158 e. The number of hydrogen-bond donors (Lipinski definition) is 2. The maximum atomic E-state index is 5.75. The van der Waals surface area contributed by atoms with Gasteiger partial charge in [0.2, 0.25) is 0 Å². The van der Waals surface area contributed by atoms with E-state index in [0.29, 0.717) is 18.2 Å². The van der Waals surface area contributed by atoms with E-state index >= 15 is 0 Å². The molecule has 5 nitrogen and oxygen atoms in total. The van der Waals surface area contributed by atoms with Crippen LogP contribution < -0.4 is 11.1 Å². The minimum Gasteiger partial charge on any atom is -0.384 e. The summed E-state index contributed by atoms with van der Waals surface area (Å²) in [7, 11) is 1.62. The summed E-state index contributed by atoms with van der Waals surface area (Å²) in [5, 5.41) is 3.36.